The van der Waals surface area contributed by atoms with Crippen LogP contribution in [0.3, 0.4) is 0 Å². The standard InChI is InChI=1S/C18H17ClN4O2/c19-13-4-1-11(2-5-13)15(7-8-20)23-17(24)12-3-6-14-16(9-12)21-10-22-18(14)25/h1-6,9-10,15H,7-8,20H2,(H,23,24)(H,21,22,25)/p+1. The average Bonchev–Trinajstić information content (AvgIpc) is 2.62. The lowest BCUT2D eigenvalue weighted by Gasteiger charge is -2.18. The summed E-state index contributed by atoms with van der Waals surface area (Å²) in [7, 11) is 0. The highest BCUT2D eigenvalue weighted by Crippen LogP contribution is 2.20. The average molecular weight is 358 g/mol. The number of carbonyl (C=O) groups excluding carboxylic acids is 1. The molecule has 25 heavy (non-hydrogen) atoms. The molecule has 0 radical (unpaired) electrons. The summed E-state index contributed by atoms with van der Waals surface area (Å²) in [5.41, 5.74) is 5.55. The Bertz CT molecular complexity index is 953. The summed E-state index contributed by atoms with van der Waals surface area (Å²) >= 11 is 5.93. The van der Waals surface area contributed by atoms with E-state index in [0.29, 0.717) is 34.5 Å². The zero-order valence-electron chi connectivity index (χ0n) is 13.5. The summed E-state index contributed by atoms with van der Waals surface area (Å²) < 4.78 is 0. The number of halogens is 1. The molecule has 0 aliphatic heterocycles. The van der Waals surface area contributed by atoms with Gasteiger partial charge in [-0.2, -0.15) is 0 Å². The van der Waals surface area contributed by atoms with Gasteiger partial charge >= 0.3 is 0 Å². The van der Waals surface area contributed by atoms with Crippen LogP contribution in [0.5, 0.6) is 0 Å². The van der Waals surface area contributed by atoms with Crippen LogP contribution in [0.2, 0.25) is 5.02 Å². The molecule has 1 amide bonds. The van der Waals surface area contributed by atoms with Crippen LogP contribution in [0.15, 0.2) is 53.6 Å². The number of nitrogens with one attached hydrogen (secondary N) is 2. The third kappa shape index (κ3) is 3.87. The number of rotatable bonds is 5. The van der Waals surface area contributed by atoms with Crippen molar-refractivity contribution in [3.05, 3.63) is 75.3 Å². The third-order valence-electron chi connectivity index (χ3n) is 3.97. The molecule has 2 aromatic carbocycles. The van der Waals surface area contributed by atoms with Gasteiger partial charge in [0, 0.05) is 17.0 Å². The lowest BCUT2D eigenvalue weighted by molar-refractivity contribution is -0.369. The predicted octanol–water partition coefficient (Wildman–Crippen LogP) is 1.68. The summed E-state index contributed by atoms with van der Waals surface area (Å²) in [4.78, 5) is 31.0. The van der Waals surface area contributed by atoms with E-state index in [1.807, 2.05) is 12.1 Å². The van der Waals surface area contributed by atoms with Gasteiger partial charge in [-0.1, -0.05) is 23.7 Å². The number of aromatic amines is 1. The molecule has 0 spiro atoms. The molecule has 5 N–H and O–H groups in total. The normalized spacial score (nSPS) is 12.1. The van der Waals surface area contributed by atoms with Gasteiger partial charge in [0.2, 0.25) is 0 Å². The van der Waals surface area contributed by atoms with Crippen molar-refractivity contribution in [2.75, 3.05) is 6.54 Å². The number of hydrogen-bond donors (Lipinski definition) is 3. The SMILES string of the molecule is [NH3+]CCC(NC(=O)c1ccc2c(=O)[nH]cnc2c1)c1ccc(Cl)cc1. The smallest absolute Gasteiger partial charge is 0.258 e. The highest BCUT2D eigenvalue weighted by atomic mass is 35.5. The second-order valence-corrected chi connectivity index (χ2v) is 6.12. The molecule has 0 aliphatic carbocycles. The number of amides is 1. The highest BCUT2D eigenvalue weighted by molar-refractivity contribution is 6.30. The van der Waals surface area contributed by atoms with Gasteiger partial charge in [0.05, 0.1) is 29.8 Å². The predicted molar refractivity (Wildman–Crippen MR) is 96.4 cm³/mol. The molecule has 6 nitrogen and oxygen atoms in total. The van der Waals surface area contributed by atoms with Crippen LogP contribution in [-0.2, 0) is 0 Å². The topological polar surface area (TPSA) is 102 Å². The number of hydrogen-bond acceptors (Lipinski definition) is 3. The van der Waals surface area contributed by atoms with E-state index in [4.69, 9.17) is 11.6 Å². The van der Waals surface area contributed by atoms with E-state index in [2.05, 4.69) is 21.0 Å². The van der Waals surface area contributed by atoms with Crippen molar-refractivity contribution in [1.82, 2.24) is 15.3 Å². The molecule has 128 valence electrons. The summed E-state index contributed by atoms with van der Waals surface area (Å²) in [6.07, 6.45) is 2.03. The van der Waals surface area contributed by atoms with E-state index < -0.39 is 0 Å². The Morgan fingerprint density at radius 3 is 2.72 bits per heavy atom. The van der Waals surface area contributed by atoms with Gasteiger partial charge in [-0.3, -0.25) is 9.59 Å². The molecule has 1 unspecified atom stereocenters. The van der Waals surface area contributed by atoms with Crippen LogP contribution in [0.25, 0.3) is 10.9 Å². The first-order chi connectivity index (χ1) is 12.1. The van der Waals surface area contributed by atoms with Crippen molar-refractivity contribution in [1.29, 1.82) is 0 Å². The Kier molecular flexibility index (Phi) is 5.11. The zero-order chi connectivity index (χ0) is 17.8. The lowest BCUT2D eigenvalue weighted by Crippen LogP contribution is -2.51. The van der Waals surface area contributed by atoms with Gasteiger partial charge in [0.1, 0.15) is 0 Å². The fraction of sp³-hybridized carbons (Fsp3) is 0.167. The molecular formula is C18H18ClN4O2+. The number of H-pyrrole nitrogens is 1. The maximum absolute atomic E-state index is 12.6. The Balaban J connectivity index is 1.86. The van der Waals surface area contributed by atoms with Crippen LogP contribution in [0.4, 0.5) is 0 Å². The van der Waals surface area contributed by atoms with Crippen molar-refractivity contribution in [2.24, 2.45) is 0 Å². The van der Waals surface area contributed by atoms with Crippen molar-refractivity contribution in [3.8, 4) is 0 Å². The van der Waals surface area contributed by atoms with Gasteiger partial charge in [0.15, 0.2) is 0 Å². The Labute approximate surface area is 149 Å². The van der Waals surface area contributed by atoms with Crippen LogP contribution in [0.1, 0.15) is 28.4 Å². The molecule has 3 rings (SSSR count). The van der Waals surface area contributed by atoms with E-state index in [0.717, 1.165) is 5.56 Å². The Morgan fingerprint density at radius 1 is 1.24 bits per heavy atom. The first-order valence-electron chi connectivity index (χ1n) is 7.91. The van der Waals surface area contributed by atoms with Crippen LogP contribution in [0, 0.1) is 0 Å². The molecular weight excluding hydrogens is 340 g/mol. The van der Waals surface area contributed by atoms with Crippen molar-refractivity contribution in [2.45, 2.75) is 12.5 Å². The van der Waals surface area contributed by atoms with Crippen molar-refractivity contribution < 1.29 is 10.5 Å². The van der Waals surface area contributed by atoms with Gasteiger partial charge in [0.25, 0.3) is 11.5 Å². The molecule has 7 heteroatoms. The van der Waals surface area contributed by atoms with Gasteiger partial charge in [-0.05, 0) is 35.9 Å². The van der Waals surface area contributed by atoms with Crippen LogP contribution >= 0.6 is 11.6 Å². The number of quaternary nitrogens is 1. The number of fused-ring (bicyclic) bond motifs is 1. The van der Waals surface area contributed by atoms with Crippen molar-refractivity contribution >= 4 is 28.4 Å². The largest absolute Gasteiger partial charge is 0.357 e. The molecule has 0 fully saturated rings. The van der Waals surface area contributed by atoms with Gasteiger partial charge < -0.3 is 16.0 Å². The molecule has 1 aromatic heterocycles. The fourth-order valence-electron chi connectivity index (χ4n) is 2.67. The second-order valence-electron chi connectivity index (χ2n) is 5.68. The summed E-state index contributed by atoms with van der Waals surface area (Å²) in [6, 6.07) is 12.1. The molecule has 0 saturated carbocycles. The summed E-state index contributed by atoms with van der Waals surface area (Å²) in [5, 5.41) is 4.11. The minimum atomic E-state index is -0.229. The van der Waals surface area contributed by atoms with Gasteiger partial charge in [-0.15, -0.1) is 0 Å². The number of nitrogens with zero attached hydrogens (tertiary/aromatic N) is 1. The Hall–Kier alpha value is -2.70. The molecule has 1 atom stereocenters. The molecule has 1 heterocycles. The third-order valence-corrected chi connectivity index (χ3v) is 4.23. The summed E-state index contributed by atoms with van der Waals surface area (Å²) in [5.74, 6) is -0.225. The van der Waals surface area contributed by atoms with E-state index in [1.54, 1.807) is 30.3 Å². The van der Waals surface area contributed by atoms with Crippen molar-refractivity contribution in [3.63, 3.8) is 0 Å². The molecule has 0 aliphatic rings. The summed E-state index contributed by atoms with van der Waals surface area (Å²) in [6.45, 7) is 0.683. The first kappa shape index (κ1) is 17.1. The highest BCUT2D eigenvalue weighted by Gasteiger charge is 2.16. The number of aromatic nitrogens is 2. The minimum absolute atomic E-state index is 0.162. The van der Waals surface area contributed by atoms with E-state index in [1.165, 1.54) is 6.33 Å². The van der Waals surface area contributed by atoms with E-state index in [9.17, 15) is 9.59 Å². The van der Waals surface area contributed by atoms with Crippen LogP contribution < -0.4 is 16.6 Å². The van der Waals surface area contributed by atoms with E-state index in [-0.39, 0.29) is 17.5 Å². The Morgan fingerprint density at radius 2 is 2.00 bits per heavy atom. The first-order valence-corrected chi connectivity index (χ1v) is 8.29. The fourth-order valence-corrected chi connectivity index (χ4v) is 2.80. The number of benzene rings is 2. The molecule has 0 saturated heterocycles. The van der Waals surface area contributed by atoms with E-state index >= 15 is 0 Å². The maximum Gasteiger partial charge on any atom is 0.258 e. The maximum atomic E-state index is 12.6. The number of carbonyl (C=O) groups is 1. The quantitative estimate of drug-likeness (QED) is 0.647. The van der Waals surface area contributed by atoms with Gasteiger partial charge in [-0.25, -0.2) is 4.98 Å². The zero-order valence-corrected chi connectivity index (χ0v) is 14.2. The lowest BCUT2D eigenvalue weighted by atomic mass is 10.0. The molecule has 3 aromatic rings. The second kappa shape index (κ2) is 7.46. The molecule has 0 bridgehead atoms. The van der Waals surface area contributed by atoms with Crippen LogP contribution in [-0.4, -0.2) is 22.4 Å². The monoisotopic (exact) mass is 357 g/mol. The minimum Gasteiger partial charge on any atom is -0.357 e.